The van der Waals surface area contributed by atoms with Gasteiger partial charge in [-0.15, -0.1) is 0 Å². The highest BCUT2D eigenvalue weighted by atomic mass is 32.2. The van der Waals surface area contributed by atoms with E-state index in [2.05, 4.69) is 19.0 Å². The molecule has 3 rings (SSSR count). The van der Waals surface area contributed by atoms with Gasteiger partial charge in [0.1, 0.15) is 0 Å². The number of benzene rings is 2. The van der Waals surface area contributed by atoms with Gasteiger partial charge in [-0.3, -0.25) is 0 Å². The van der Waals surface area contributed by atoms with Crippen molar-refractivity contribution in [2.75, 3.05) is 6.26 Å². The highest BCUT2D eigenvalue weighted by Gasteiger charge is 2.38. The predicted octanol–water partition coefficient (Wildman–Crippen LogP) is 4.82. The van der Waals surface area contributed by atoms with Crippen LogP contribution in [-0.4, -0.2) is 20.6 Å². The standard InChI is InChI=1S/C16H10F5N3O2S/c1-27(25,11-6-7-12(17)13(18)8-11)24-10-4-2-9(3-5-10)14-22-15(26-23-14)16(19,20)21/h2-8H,1H3. The molecular formula is C16H10F5N3O2S. The first-order chi connectivity index (χ1) is 12.6. The first kappa shape index (κ1) is 19.0. The second kappa shape index (κ2) is 6.72. The molecule has 11 heteroatoms. The van der Waals surface area contributed by atoms with Gasteiger partial charge in [-0.25, -0.2) is 13.0 Å². The fourth-order valence-electron chi connectivity index (χ4n) is 2.09. The summed E-state index contributed by atoms with van der Waals surface area (Å²) in [6.07, 6.45) is -3.50. The third-order valence-electron chi connectivity index (χ3n) is 3.40. The summed E-state index contributed by atoms with van der Waals surface area (Å²) in [4.78, 5) is 3.25. The minimum absolute atomic E-state index is 0.00142. The third kappa shape index (κ3) is 4.13. The van der Waals surface area contributed by atoms with Crippen LogP contribution in [0.25, 0.3) is 11.4 Å². The number of hydrogen-bond acceptors (Lipinski definition) is 5. The first-order valence-electron chi connectivity index (χ1n) is 7.25. The quantitative estimate of drug-likeness (QED) is 0.588. The molecule has 0 aliphatic rings. The molecule has 1 unspecified atom stereocenters. The van der Waals surface area contributed by atoms with Crippen LogP contribution in [0, 0.1) is 11.6 Å². The Kier molecular flexibility index (Phi) is 4.72. The number of aromatic nitrogens is 2. The highest BCUT2D eigenvalue weighted by molar-refractivity contribution is 7.93. The van der Waals surface area contributed by atoms with Crippen molar-refractivity contribution in [1.29, 1.82) is 0 Å². The normalized spacial score (nSPS) is 14.0. The van der Waals surface area contributed by atoms with Crippen LogP contribution in [-0.2, 0) is 15.9 Å². The topological polar surface area (TPSA) is 68.3 Å². The lowest BCUT2D eigenvalue weighted by Gasteiger charge is -2.05. The van der Waals surface area contributed by atoms with Gasteiger partial charge < -0.3 is 4.52 Å². The molecule has 0 radical (unpaired) electrons. The average Bonchev–Trinajstić information content (AvgIpc) is 3.08. The smallest absolute Gasteiger partial charge is 0.329 e. The van der Waals surface area contributed by atoms with E-state index in [0.717, 1.165) is 18.2 Å². The summed E-state index contributed by atoms with van der Waals surface area (Å²) >= 11 is 0. The molecule has 0 amide bonds. The Morgan fingerprint density at radius 3 is 2.26 bits per heavy atom. The summed E-state index contributed by atoms with van der Waals surface area (Å²) in [5.74, 6) is -3.96. The van der Waals surface area contributed by atoms with Crippen LogP contribution >= 0.6 is 0 Å². The minimum Gasteiger partial charge on any atom is -0.329 e. The highest BCUT2D eigenvalue weighted by Crippen LogP contribution is 2.30. The van der Waals surface area contributed by atoms with E-state index in [1.165, 1.54) is 30.5 Å². The Hall–Kier alpha value is -2.82. The molecule has 1 aromatic heterocycles. The molecular weight excluding hydrogens is 393 g/mol. The molecule has 5 nitrogen and oxygen atoms in total. The maximum atomic E-state index is 13.3. The predicted molar refractivity (Wildman–Crippen MR) is 85.5 cm³/mol. The van der Waals surface area contributed by atoms with Gasteiger partial charge in [-0.05, 0) is 42.5 Å². The van der Waals surface area contributed by atoms with Crippen LogP contribution in [0.1, 0.15) is 5.89 Å². The van der Waals surface area contributed by atoms with Gasteiger partial charge in [-0.1, -0.05) is 5.16 Å². The van der Waals surface area contributed by atoms with Crippen LogP contribution in [0.4, 0.5) is 27.6 Å². The summed E-state index contributed by atoms with van der Waals surface area (Å²) < 4.78 is 84.6. The Morgan fingerprint density at radius 2 is 1.70 bits per heavy atom. The third-order valence-corrected chi connectivity index (χ3v) is 5.09. The zero-order valence-corrected chi connectivity index (χ0v) is 14.3. The number of hydrogen-bond donors (Lipinski definition) is 0. The van der Waals surface area contributed by atoms with E-state index >= 15 is 0 Å². The number of alkyl halides is 3. The molecule has 2 aromatic carbocycles. The Morgan fingerprint density at radius 1 is 1.04 bits per heavy atom. The van der Waals surface area contributed by atoms with Crippen molar-refractivity contribution in [1.82, 2.24) is 10.1 Å². The van der Waals surface area contributed by atoms with E-state index in [1.54, 1.807) is 0 Å². The molecule has 0 N–H and O–H groups in total. The molecule has 0 saturated heterocycles. The van der Waals surface area contributed by atoms with Crippen LogP contribution in [0.15, 0.2) is 56.2 Å². The molecule has 3 aromatic rings. The second-order valence-electron chi connectivity index (χ2n) is 5.44. The molecule has 0 saturated carbocycles. The Bertz CT molecular complexity index is 1100. The number of halogens is 5. The van der Waals surface area contributed by atoms with Gasteiger partial charge >= 0.3 is 12.1 Å². The lowest BCUT2D eigenvalue weighted by molar-refractivity contribution is -0.159. The van der Waals surface area contributed by atoms with Crippen molar-refractivity contribution in [3.05, 3.63) is 60.0 Å². The second-order valence-corrected chi connectivity index (χ2v) is 7.70. The fourth-order valence-corrected chi connectivity index (χ4v) is 3.37. The number of rotatable bonds is 3. The minimum atomic E-state index is -4.75. The van der Waals surface area contributed by atoms with Gasteiger partial charge in [0.05, 0.1) is 20.3 Å². The molecule has 0 fully saturated rings. The fraction of sp³-hybridized carbons (Fsp3) is 0.125. The van der Waals surface area contributed by atoms with Crippen molar-refractivity contribution < 1.29 is 30.7 Å². The van der Waals surface area contributed by atoms with Crippen LogP contribution in [0.3, 0.4) is 0 Å². The van der Waals surface area contributed by atoms with Gasteiger partial charge in [0.15, 0.2) is 11.6 Å². The van der Waals surface area contributed by atoms with Crippen molar-refractivity contribution in [2.45, 2.75) is 11.1 Å². The number of nitrogens with zero attached hydrogens (tertiary/aromatic N) is 3. The van der Waals surface area contributed by atoms with Gasteiger partial charge in [0.25, 0.3) is 0 Å². The maximum Gasteiger partial charge on any atom is 0.471 e. The molecule has 0 spiro atoms. The van der Waals surface area contributed by atoms with E-state index in [9.17, 15) is 26.2 Å². The van der Waals surface area contributed by atoms with E-state index in [4.69, 9.17) is 0 Å². The van der Waals surface area contributed by atoms with Crippen molar-refractivity contribution in [2.24, 2.45) is 4.36 Å². The van der Waals surface area contributed by atoms with Crippen LogP contribution in [0.2, 0.25) is 0 Å². The van der Waals surface area contributed by atoms with Gasteiger partial charge in [0, 0.05) is 11.8 Å². The molecule has 1 heterocycles. The van der Waals surface area contributed by atoms with Crippen molar-refractivity contribution in [3.8, 4) is 11.4 Å². The molecule has 27 heavy (non-hydrogen) atoms. The molecule has 0 bridgehead atoms. The Labute approximate surface area is 150 Å². The Balaban J connectivity index is 1.90. The zero-order valence-electron chi connectivity index (χ0n) is 13.5. The molecule has 0 aliphatic carbocycles. The van der Waals surface area contributed by atoms with Gasteiger partial charge in [-0.2, -0.15) is 22.5 Å². The summed E-state index contributed by atoms with van der Waals surface area (Å²) in [5, 5.41) is 3.25. The van der Waals surface area contributed by atoms with E-state index in [-0.39, 0.29) is 22.0 Å². The summed E-state index contributed by atoms with van der Waals surface area (Å²) in [7, 11) is -3.08. The SMILES string of the molecule is CS(=O)(=Nc1ccc(-c2noc(C(F)(F)F)n2)cc1)c1ccc(F)c(F)c1. The molecule has 142 valence electrons. The van der Waals surface area contributed by atoms with Crippen molar-refractivity contribution in [3.63, 3.8) is 0 Å². The largest absolute Gasteiger partial charge is 0.471 e. The molecule has 1 atom stereocenters. The van der Waals surface area contributed by atoms with E-state index in [1.807, 2.05) is 0 Å². The van der Waals surface area contributed by atoms with Crippen LogP contribution in [0.5, 0.6) is 0 Å². The van der Waals surface area contributed by atoms with Gasteiger partial charge in [0.2, 0.25) is 5.82 Å². The lowest BCUT2D eigenvalue weighted by Crippen LogP contribution is -2.04. The monoisotopic (exact) mass is 403 g/mol. The lowest BCUT2D eigenvalue weighted by atomic mass is 10.2. The summed E-state index contributed by atoms with van der Waals surface area (Å²) in [6.45, 7) is 0. The van der Waals surface area contributed by atoms with Crippen LogP contribution < -0.4 is 0 Å². The van der Waals surface area contributed by atoms with Crippen molar-refractivity contribution >= 4 is 15.4 Å². The van der Waals surface area contributed by atoms with E-state index in [0.29, 0.717) is 0 Å². The first-order valence-corrected chi connectivity index (χ1v) is 9.17. The zero-order chi connectivity index (χ0) is 19.8. The summed E-state index contributed by atoms with van der Waals surface area (Å²) in [5.41, 5.74) is 0.444. The van der Waals surface area contributed by atoms with E-state index < -0.39 is 33.4 Å². The molecule has 0 aliphatic heterocycles. The maximum absolute atomic E-state index is 13.3. The summed E-state index contributed by atoms with van der Waals surface area (Å²) in [6, 6.07) is 8.30. The average molecular weight is 403 g/mol.